The van der Waals surface area contributed by atoms with Crippen LogP contribution in [0, 0.1) is 5.82 Å². The van der Waals surface area contributed by atoms with Crippen molar-refractivity contribution in [2.75, 3.05) is 13.7 Å². The van der Waals surface area contributed by atoms with E-state index < -0.39 is 5.91 Å². The van der Waals surface area contributed by atoms with E-state index in [9.17, 15) is 9.18 Å². The molecule has 1 unspecified atom stereocenters. The zero-order valence-corrected chi connectivity index (χ0v) is 15.1. The Morgan fingerprint density at radius 3 is 2.92 bits per heavy atom. The van der Waals surface area contributed by atoms with E-state index in [1.807, 2.05) is 6.07 Å². The van der Waals surface area contributed by atoms with E-state index in [0.717, 1.165) is 29.5 Å². The molecule has 0 aliphatic heterocycles. The van der Waals surface area contributed by atoms with Gasteiger partial charge in [0.25, 0.3) is 5.91 Å². The second-order valence-corrected chi connectivity index (χ2v) is 6.59. The SMILES string of the molecule is COc1cc(CNC2CCc3cc(F)ccc32)cc(Cl)c1OCC(N)=O. The van der Waals surface area contributed by atoms with Gasteiger partial charge in [-0.05, 0) is 53.8 Å². The maximum absolute atomic E-state index is 13.3. The molecule has 3 N–H and O–H groups in total. The smallest absolute Gasteiger partial charge is 0.255 e. The molecular weight excluding hydrogens is 359 g/mol. The zero-order chi connectivity index (χ0) is 18.7. The maximum atomic E-state index is 13.3. The summed E-state index contributed by atoms with van der Waals surface area (Å²) in [6.45, 7) is 0.288. The zero-order valence-electron chi connectivity index (χ0n) is 14.4. The Kier molecular flexibility index (Phi) is 5.64. The van der Waals surface area contributed by atoms with E-state index in [1.165, 1.54) is 13.2 Å². The fourth-order valence-corrected chi connectivity index (χ4v) is 3.49. The fourth-order valence-electron chi connectivity index (χ4n) is 3.20. The molecule has 0 spiro atoms. The first-order valence-electron chi connectivity index (χ1n) is 8.27. The summed E-state index contributed by atoms with van der Waals surface area (Å²) in [4.78, 5) is 10.9. The number of nitrogens with two attached hydrogens (primary N) is 1. The van der Waals surface area contributed by atoms with Gasteiger partial charge in [-0.2, -0.15) is 0 Å². The highest BCUT2D eigenvalue weighted by atomic mass is 35.5. The van der Waals surface area contributed by atoms with Gasteiger partial charge in [0.05, 0.1) is 12.1 Å². The highest BCUT2D eigenvalue weighted by Gasteiger charge is 2.22. The summed E-state index contributed by atoms with van der Waals surface area (Å²) in [7, 11) is 1.50. The van der Waals surface area contributed by atoms with Crippen molar-refractivity contribution in [1.82, 2.24) is 5.32 Å². The molecule has 0 heterocycles. The van der Waals surface area contributed by atoms with E-state index in [-0.39, 0.29) is 18.5 Å². The van der Waals surface area contributed by atoms with Gasteiger partial charge in [-0.3, -0.25) is 4.79 Å². The number of methoxy groups -OCH3 is 1. The third-order valence-corrected chi connectivity index (χ3v) is 4.66. The van der Waals surface area contributed by atoms with Crippen LogP contribution < -0.4 is 20.5 Å². The molecule has 0 fully saturated rings. The van der Waals surface area contributed by atoms with Crippen LogP contribution in [0.5, 0.6) is 11.5 Å². The number of primary amides is 1. The van der Waals surface area contributed by atoms with Gasteiger partial charge in [-0.1, -0.05) is 17.7 Å². The average molecular weight is 379 g/mol. The predicted molar refractivity (Wildman–Crippen MR) is 97.0 cm³/mol. The summed E-state index contributed by atoms with van der Waals surface area (Å²) in [5.74, 6) is -0.0690. The maximum Gasteiger partial charge on any atom is 0.255 e. The molecule has 26 heavy (non-hydrogen) atoms. The number of aryl methyl sites for hydroxylation is 1. The fraction of sp³-hybridized carbons (Fsp3) is 0.316. The molecule has 1 atom stereocenters. The largest absolute Gasteiger partial charge is 0.493 e. The minimum Gasteiger partial charge on any atom is -0.493 e. The Morgan fingerprint density at radius 1 is 1.38 bits per heavy atom. The van der Waals surface area contributed by atoms with Gasteiger partial charge in [0.2, 0.25) is 0 Å². The lowest BCUT2D eigenvalue weighted by atomic mass is 10.1. The molecule has 0 aromatic heterocycles. The number of fused-ring (bicyclic) bond motifs is 1. The van der Waals surface area contributed by atoms with Crippen LogP contribution in [0.15, 0.2) is 30.3 Å². The first-order chi connectivity index (χ1) is 12.5. The van der Waals surface area contributed by atoms with Crippen LogP contribution in [0.4, 0.5) is 4.39 Å². The Bertz CT molecular complexity index is 829. The number of benzene rings is 2. The minimum absolute atomic E-state index is 0.168. The topological polar surface area (TPSA) is 73.6 Å². The van der Waals surface area contributed by atoms with E-state index >= 15 is 0 Å². The van der Waals surface area contributed by atoms with E-state index in [1.54, 1.807) is 18.2 Å². The monoisotopic (exact) mass is 378 g/mol. The lowest BCUT2D eigenvalue weighted by Gasteiger charge is -2.16. The Hall–Kier alpha value is -2.31. The third-order valence-electron chi connectivity index (χ3n) is 4.38. The van der Waals surface area contributed by atoms with Crippen LogP contribution in [0.25, 0.3) is 0 Å². The van der Waals surface area contributed by atoms with E-state index in [0.29, 0.717) is 23.1 Å². The van der Waals surface area contributed by atoms with Gasteiger partial charge in [0.15, 0.2) is 18.1 Å². The van der Waals surface area contributed by atoms with Crippen LogP contribution >= 0.6 is 11.6 Å². The van der Waals surface area contributed by atoms with Crippen molar-refractivity contribution in [3.05, 3.63) is 57.9 Å². The number of hydrogen-bond donors (Lipinski definition) is 2. The summed E-state index contributed by atoms with van der Waals surface area (Å²) >= 11 is 6.26. The number of carbonyl (C=O) groups is 1. The third kappa shape index (κ3) is 4.08. The molecule has 138 valence electrons. The second-order valence-electron chi connectivity index (χ2n) is 6.18. The number of carbonyl (C=O) groups excluding carboxylic acids is 1. The Balaban J connectivity index is 1.71. The Labute approximate surface area is 156 Å². The quantitative estimate of drug-likeness (QED) is 0.776. The highest BCUT2D eigenvalue weighted by Crippen LogP contribution is 2.37. The number of ether oxygens (including phenoxy) is 2. The Morgan fingerprint density at radius 2 is 2.19 bits per heavy atom. The summed E-state index contributed by atoms with van der Waals surface area (Å²) < 4.78 is 24.0. The van der Waals surface area contributed by atoms with Gasteiger partial charge in [0, 0.05) is 12.6 Å². The molecule has 1 amide bonds. The molecule has 0 radical (unpaired) electrons. The van der Waals surface area contributed by atoms with Crippen LogP contribution in [-0.4, -0.2) is 19.6 Å². The molecule has 5 nitrogen and oxygen atoms in total. The molecule has 0 saturated heterocycles. The van der Waals surface area contributed by atoms with Crippen molar-refractivity contribution in [2.45, 2.75) is 25.4 Å². The molecule has 0 saturated carbocycles. The lowest BCUT2D eigenvalue weighted by molar-refractivity contribution is -0.119. The van der Waals surface area contributed by atoms with Gasteiger partial charge in [0.1, 0.15) is 5.82 Å². The molecular formula is C19H20ClFN2O3. The highest BCUT2D eigenvalue weighted by molar-refractivity contribution is 6.32. The number of nitrogens with one attached hydrogen (secondary N) is 1. The van der Waals surface area contributed by atoms with Crippen molar-refractivity contribution < 1.29 is 18.7 Å². The molecule has 7 heteroatoms. The number of rotatable bonds is 7. The summed E-state index contributed by atoms with van der Waals surface area (Å²) in [5.41, 5.74) is 8.19. The van der Waals surface area contributed by atoms with Gasteiger partial charge >= 0.3 is 0 Å². The second kappa shape index (κ2) is 7.93. The van der Waals surface area contributed by atoms with Crippen molar-refractivity contribution in [3.8, 4) is 11.5 Å². The lowest BCUT2D eigenvalue weighted by Crippen LogP contribution is -2.21. The number of amides is 1. The normalized spacial score (nSPS) is 15.6. The average Bonchev–Trinajstić information content (AvgIpc) is 3.00. The van der Waals surface area contributed by atoms with Crippen molar-refractivity contribution in [2.24, 2.45) is 5.73 Å². The van der Waals surface area contributed by atoms with Crippen molar-refractivity contribution in [3.63, 3.8) is 0 Å². The number of halogens is 2. The molecule has 2 aromatic rings. The van der Waals surface area contributed by atoms with Crippen LogP contribution in [0.3, 0.4) is 0 Å². The molecule has 2 aromatic carbocycles. The predicted octanol–water partition coefficient (Wildman–Crippen LogP) is 3.13. The van der Waals surface area contributed by atoms with Crippen LogP contribution in [0.2, 0.25) is 5.02 Å². The van der Waals surface area contributed by atoms with Crippen LogP contribution in [-0.2, 0) is 17.8 Å². The summed E-state index contributed by atoms with van der Waals surface area (Å²) in [6, 6.07) is 8.65. The van der Waals surface area contributed by atoms with Crippen molar-refractivity contribution >= 4 is 17.5 Å². The van der Waals surface area contributed by atoms with Gasteiger partial charge < -0.3 is 20.5 Å². The molecule has 1 aliphatic carbocycles. The molecule has 1 aliphatic rings. The minimum atomic E-state index is -0.592. The molecule has 3 rings (SSSR count). The van der Waals surface area contributed by atoms with Gasteiger partial charge in [-0.25, -0.2) is 4.39 Å². The van der Waals surface area contributed by atoms with Crippen molar-refractivity contribution in [1.29, 1.82) is 0 Å². The standard InChI is InChI=1S/C19H20ClFN2O3/c1-25-17-7-11(6-15(20)19(17)26-10-18(22)24)9-23-16-5-2-12-8-13(21)3-4-14(12)16/h3-4,6-8,16,23H,2,5,9-10H2,1H3,(H2,22,24). The first kappa shape index (κ1) is 18.5. The van der Waals surface area contributed by atoms with E-state index in [4.69, 9.17) is 26.8 Å². The van der Waals surface area contributed by atoms with E-state index in [2.05, 4.69) is 5.32 Å². The first-order valence-corrected chi connectivity index (χ1v) is 8.65. The molecule has 0 bridgehead atoms. The number of hydrogen-bond acceptors (Lipinski definition) is 4. The summed E-state index contributed by atoms with van der Waals surface area (Å²) in [6.07, 6.45) is 1.78. The summed E-state index contributed by atoms with van der Waals surface area (Å²) in [5, 5.41) is 3.81. The van der Waals surface area contributed by atoms with Gasteiger partial charge in [-0.15, -0.1) is 0 Å². The van der Waals surface area contributed by atoms with Crippen LogP contribution in [0.1, 0.15) is 29.2 Å².